The van der Waals surface area contributed by atoms with E-state index in [4.69, 9.17) is 4.74 Å². The molecule has 8 heteroatoms. The predicted octanol–water partition coefficient (Wildman–Crippen LogP) is 1.65. The van der Waals surface area contributed by atoms with Gasteiger partial charge in [0.1, 0.15) is 5.75 Å². The molecule has 1 heterocycles. The summed E-state index contributed by atoms with van der Waals surface area (Å²) in [5.74, 6) is -0.129. The molecule has 2 aromatic rings. The zero-order valence-electron chi connectivity index (χ0n) is 14.9. The molecule has 7 nitrogen and oxygen atoms in total. The smallest absolute Gasteiger partial charge is 0.269 e. The number of rotatable bonds is 5. The van der Waals surface area contributed by atoms with Gasteiger partial charge in [0, 0.05) is 20.6 Å². The van der Waals surface area contributed by atoms with Gasteiger partial charge >= 0.3 is 0 Å². The van der Waals surface area contributed by atoms with E-state index >= 15 is 0 Å². The quantitative estimate of drug-likeness (QED) is 0.804. The van der Waals surface area contributed by atoms with Crippen molar-refractivity contribution in [3.8, 4) is 5.75 Å². The zero-order chi connectivity index (χ0) is 18.9. The molecule has 26 heavy (non-hydrogen) atoms. The van der Waals surface area contributed by atoms with Crippen LogP contribution in [-0.2, 0) is 16.4 Å². The number of hydrogen-bond donors (Lipinski definition) is 1. The van der Waals surface area contributed by atoms with Crippen LogP contribution in [0.25, 0.3) is 0 Å². The summed E-state index contributed by atoms with van der Waals surface area (Å²) < 4.78 is 32.9. The number of ether oxygens (including phenoxy) is 1. The van der Waals surface area contributed by atoms with Crippen LogP contribution >= 0.6 is 0 Å². The standard InChI is InChI=1S/C18H21N3O4S/c1-20(2)19-18(22)15-12-14(8-9-17(15)25-3)26(23,24)21-11-10-13-6-4-5-7-16(13)21/h4-9,12H,10-11H2,1-3H3,(H,19,22). The number of anilines is 1. The van der Waals surface area contributed by atoms with E-state index in [1.54, 1.807) is 20.2 Å². The number of methoxy groups -OCH3 is 1. The van der Waals surface area contributed by atoms with Crippen molar-refractivity contribution in [2.75, 3.05) is 32.1 Å². The lowest BCUT2D eigenvalue weighted by Gasteiger charge is -2.21. The largest absolute Gasteiger partial charge is 0.496 e. The molecule has 0 spiro atoms. The molecule has 0 atom stereocenters. The SMILES string of the molecule is COc1ccc(S(=O)(=O)N2CCc3ccccc32)cc1C(=O)NN(C)C. The number of hydrogen-bond acceptors (Lipinski definition) is 5. The maximum Gasteiger partial charge on any atom is 0.269 e. The fourth-order valence-electron chi connectivity index (χ4n) is 2.97. The van der Waals surface area contributed by atoms with Crippen molar-refractivity contribution in [2.45, 2.75) is 11.3 Å². The highest BCUT2D eigenvalue weighted by molar-refractivity contribution is 7.92. The molecule has 1 aliphatic heterocycles. The second-order valence-corrected chi connectivity index (χ2v) is 8.02. The Labute approximate surface area is 153 Å². The average molecular weight is 375 g/mol. The summed E-state index contributed by atoms with van der Waals surface area (Å²) in [7, 11) is 1.01. The van der Waals surface area contributed by atoms with Gasteiger partial charge in [-0.25, -0.2) is 13.4 Å². The van der Waals surface area contributed by atoms with Crippen molar-refractivity contribution >= 4 is 21.6 Å². The maximum atomic E-state index is 13.1. The van der Waals surface area contributed by atoms with Gasteiger partial charge in [0.15, 0.2) is 0 Å². The molecule has 0 fully saturated rings. The average Bonchev–Trinajstić information content (AvgIpc) is 3.05. The minimum atomic E-state index is -3.78. The van der Waals surface area contributed by atoms with Gasteiger partial charge in [-0.15, -0.1) is 0 Å². The van der Waals surface area contributed by atoms with E-state index in [-0.39, 0.29) is 10.5 Å². The summed E-state index contributed by atoms with van der Waals surface area (Å²) in [6.07, 6.45) is 0.666. The van der Waals surface area contributed by atoms with Gasteiger partial charge in [0.05, 0.1) is 23.3 Å². The van der Waals surface area contributed by atoms with Crippen molar-refractivity contribution in [1.29, 1.82) is 0 Å². The summed E-state index contributed by atoms with van der Waals surface area (Å²) in [6, 6.07) is 11.7. The molecule has 1 amide bonds. The van der Waals surface area contributed by atoms with E-state index in [0.717, 1.165) is 5.56 Å². The van der Waals surface area contributed by atoms with Gasteiger partial charge in [-0.2, -0.15) is 0 Å². The van der Waals surface area contributed by atoms with Crippen molar-refractivity contribution in [1.82, 2.24) is 10.4 Å². The number of sulfonamides is 1. The maximum absolute atomic E-state index is 13.1. The van der Waals surface area contributed by atoms with Gasteiger partial charge < -0.3 is 4.74 Å². The molecular formula is C18H21N3O4S. The molecule has 0 bridgehead atoms. The topological polar surface area (TPSA) is 79.0 Å². The lowest BCUT2D eigenvalue weighted by atomic mass is 10.2. The number of carbonyl (C=O) groups excluding carboxylic acids is 1. The Bertz CT molecular complexity index is 941. The number of nitrogens with one attached hydrogen (secondary N) is 1. The predicted molar refractivity (Wildman–Crippen MR) is 98.8 cm³/mol. The minimum absolute atomic E-state index is 0.0545. The molecule has 0 aliphatic carbocycles. The first kappa shape index (κ1) is 18.2. The Hall–Kier alpha value is -2.58. The number of hydrazine groups is 1. The summed E-state index contributed by atoms with van der Waals surface area (Å²) in [5, 5.41) is 1.49. The summed E-state index contributed by atoms with van der Waals surface area (Å²) in [5.41, 5.74) is 4.44. The summed E-state index contributed by atoms with van der Waals surface area (Å²) in [6.45, 7) is 0.382. The second kappa shape index (κ2) is 6.97. The van der Waals surface area contributed by atoms with Gasteiger partial charge in [0.2, 0.25) is 0 Å². The van der Waals surface area contributed by atoms with Gasteiger partial charge in [-0.1, -0.05) is 18.2 Å². The van der Waals surface area contributed by atoms with Crippen LogP contribution in [0.4, 0.5) is 5.69 Å². The summed E-state index contributed by atoms with van der Waals surface area (Å²) in [4.78, 5) is 12.4. The minimum Gasteiger partial charge on any atom is -0.496 e. The monoisotopic (exact) mass is 375 g/mol. The van der Waals surface area contributed by atoms with Crippen LogP contribution < -0.4 is 14.5 Å². The fourth-order valence-corrected chi connectivity index (χ4v) is 4.50. The molecule has 138 valence electrons. The molecule has 0 aromatic heterocycles. The highest BCUT2D eigenvalue weighted by Crippen LogP contribution is 2.33. The molecule has 3 rings (SSSR count). The molecule has 2 aromatic carbocycles. The first-order valence-electron chi connectivity index (χ1n) is 8.11. The van der Waals surface area contributed by atoms with E-state index < -0.39 is 15.9 Å². The van der Waals surface area contributed by atoms with Crippen LogP contribution in [0, 0.1) is 0 Å². The molecular weight excluding hydrogens is 354 g/mol. The number of nitrogens with zero attached hydrogens (tertiary/aromatic N) is 2. The van der Waals surface area contributed by atoms with Crippen LogP contribution in [0.2, 0.25) is 0 Å². The highest BCUT2D eigenvalue weighted by atomic mass is 32.2. The van der Waals surface area contributed by atoms with Crippen molar-refractivity contribution in [2.24, 2.45) is 0 Å². The molecule has 1 N–H and O–H groups in total. The van der Waals surface area contributed by atoms with Crippen molar-refractivity contribution < 1.29 is 17.9 Å². The Balaban J connectivity index is 2.02. The van der Waals surface area contributed by atoms with E-state index in [9.17, 15) is 13.2 Å². The third kappa shape index (κ3) is 3.25. The Morgan fingerprint density at radius 3 is 2.62 bits per heavy atom. The first-order chi connectivity index (χ1) is 12.3. The van der Waals surface area contributed by atoms with E-state index in [1.807, 2.05) is 18.2 Å². The highest BCUT2D eigenvalue weighted by Gasteiger charge is 2.31. The zero-order valence-corrected chi connectivity index (χ0v) is 15.7. The third-order valence-electron chi connectivity index (χ3n) is 4.17. The molecule has 0 unspecified atom stereocenters. The number of fused-ring (bicyclic) bond motifs is 1. The van der Waals surface area contributed by atoms with Crippen molar-refractivity contribution in [3.05, 3.63) is 53.6 Å². The van der Waals surface area contributed by atoms with Gasteiger partial charge in [0.25, 0.3) is 15.9 Å². The summed E-state index contributed by atoms with van der Waals surface area (Å²) >= 11 is 0. The lowest BCUT2D eigenvalue weighted by Crippen LogP contribution is -2.36. The van der Waals surface area contributed by atoms with Gasteiger partial charge in [-0.05, 0) is 36.2 Å². The van der Waals surface area contributed by atoms with Crippen LogP contribution in [-0.4, -0.2) is 47.1 Å². The number of carbonyl (C=O) groups is 1. The first-order valence-corrected chi connectivity index (χ1v) is 9.55. The molecule has 0 saturated carbocycles. The fraction of sp³-hybridized carbons (Fsp3) is 0.278. The Morgan fingerprint density at radius 1 is 1.19 bits per heavy atom. The lowest BCUT2D eigenvalue weighted by molar-refractivity contribution is 0.0853. The van der Waals surface area contributed by atoms with Crippen molar-refractivity contribution in [3.63, 3.8) is 0 Å². The number of benzene rings is 2. The van der Waals surface area contributed by atoms with Crippen LogP contribution in [0.5, 0.6) is 5.75 Å². The normalized spacial score (nSPS) is 13.6. The number of amides is 1. The van der Waals surface area contributed by atoms with E-state index in [0.29, 0.717) is 24.4 Å². The Kier molecular flexibility index (Phi) is 4.88. The van der Waals surface area contributed by atoms with Crippen LogP contribution in [0.3, 0.4) is 0 Å². The van der Waals surface area contributed by atoms with E-state index in [2.05, 4.69) is 5.43 Å². The third-order valence-corrected chi connectivity index (χ3v) is 5.98. The second-order valence-electron chi connectivity index (χ2n) is 6.15. The molecule has 0 saturated heterocycles. The molecule has 1 aliphatic rings. The van der Waals surface area contributed by atoms with Crippen LogP contribution in [0.1, 0.15) is 15.9 Å². The van der Waals surface area contributed by atoms with Crippen LogP contribution in [0.15, 0.2) is 47.4 Å². The molecule has 0 radical (unpaired) electrons. The van der Waals surface area contributed by atoms with E-state index in [1.165, 1.54) is 34.6 Å². The number of para-hydroxylation sites is 1. The Morgan fingerprint density at radius 2 is 1.92 bits per heavy atom. The van der Waals surface area contributed by atoms with Gasteiger partial charge in [-0.3, -0.25) is 14.5 Å².